The predicted octanol–water partition coefficient (Wildman–Crippen LogP) is 0.00720. The van der Waals surface area contributed by atoms with Crippen molar-refractivity contribution in [2.45, 2.75) is 31.5 Å². The van der Waals surface area contributed by atoms with E-state index in [-0.39, 0.29) is 13.2 Å². The van der Waals surface area contributed by atoms with Crippen LogP contribution in [0.15, 0.2) is 24.3 Å². The number of nitrogens with one attached hydrogen (secondary N) is 1. The van der Waals surface area contributed by atoms with Crippen molar-refractivity contribution >= 4 is 17.8 Å². The molecular weight excluding hydrogens is 352 g/mol. The van der Waals surface area contributed by atoms with Crippen LogP contribution in [0.2, 0.25) is 0 Å². The summed E-state index contributed by atoms with van der Waals surface area (Å²) in [4.78, 5) is 40.5. The zero-order valence-corrected chi connectivity index (χ0v) is 15.2. The molecule has 1 aromatic rings. The highest BCUT2D eigenvalue weighted by molar-refractivity contribution is 6.03. The summed E-state index contributed by atoms with van der Waals surface area (Å²) in [5.74, 6) is -2.05. The third-order valence-electron chi connectivity index (χ3n) is 5.91. The Kier molecular flexibility index (Phi) is 4.10. The first kappa shape index (κ1) is 17.8. The fraction of sp³-hybridized carbons (Fsp3) is 0.526. The van der Waals surface area contributed by atoms with Gasteiger partial charge in [0.25, 0.3) is 0 Å². The van der Waals surface area contributed by atoms with E-state index in [1.165, 1.54) is 4.90 Å². The van der Waals surface area contributed by atoms with Gasteiger partial charge in [-0.25, -0.2) is 0 Å². The van der Waals surface area contributed by atoms with Crippen molar-refractivity contribution in [2.75, 3.05) is 19.8 Å². The van der Waals surface area contributed by atoms with Gasteiger partial charge in [-0.3, -0.25) is 14.4 Å². The summed E-state index contributed by atoms with van der Waals surface area (Å²) in [7, 11) is 0. The molecule has 0 aromatic heterocycles. The van der Waals surface area contributed by atoms with E-state index in [4.69, 9.17) is 9.47 Å². The highest BCUT2D eigenvalue weighted by atomic mass is 16.5. The molecule has 2 N–H and O–H groups in total. The van der Waals surface area contributed by atoms with E-state index in [1.807, 2.05) is 18.2 Å². The van der Waals surface area contributed by atoms with Crippen molar-refractivity contribution < 1.29 is 29.0 Å². The maximum atomic E-state index is 13.1. The van der Waals surface area contributed by atoms with Gasteiger partial charge in [0.2, 0.25) is 11.8 Å². The number of amides is 2. The molecule has 2 saturated heterocycles. The molecule has 8 heteroatoms. The van der Waals surface area contributed by atoms with Crippen LogP contribution >= 0.6 is 0 Å². The van der Waals surface area contributed by atoms with Crippen LogP contribution < -0.4 is 10.1 Å². The second-order valence-corrected chi connectivity index (χ2v) is 7.25. The normalized spacial score (nSPS) is 34.1. The number of fused-ring (bicyclic) bond motifs is 5. The van der Waals surface area contributed by atoms with Crippen LogP contribution in [0.5, 0.6) is 5.75 Å². The molecule has 0 spiro atoms. The third kappa shape index (κ3) is 2.29. The van der Waals surface area contributed by atoms with Crippen molar-refractivity contribution in [3.8, 4) is 5.75 Å². The van der Waals surface area contributed by atoms with Gasteiger partial charge in [-0.2, -0.15) is 0 Å². The summed E-state index contributed by atoms with van der Waals surface area (Å²) < 4.78 is 11.1. The van der Waals surface area contributed by atoms with Gasteiger partial charge >= 0.3 is 5.97 Å². The maximum Gasteiger partial charge on any atom is 0.312 e. The molecule has 27 heavy (non-hydrogen) atoms. The molecule has 144 valence electrons. The van der Waals surface area contributed by atoms with Crippen molar-refractivity contribution in [2.24, 2.45) is 11.8 Å². The van der Waals surface area contributed by atoms with Crippen molar-refractivity contribution in [1.29, 1.82) is 0 Å². The molecule has 1 aromatic carbocycles. The van der Waals surface area contributed by atoms with E-state index in [2.05, 4.69) is 5.32 Å². The number of carbonyl (C=O) groups excluding carboxylic acids is 3. The van der Waals surface area contributed by atoms with Gasteiger partial charge in [0.15, 0.2) is 0 Å². The molecule has 0 radical (unpaired) electrons. The number of aliphatic hydroxyl groups excluding tert-OH is 1. The summed E-state index contributed by atoms with van der Waals surface area (Å²) >= 11 is 0. The van der Waals surface area contributed by atoms with E-state index in [0.717, 1.165) is 5.56 Å². The summed E-state index contributed by atoms with van der Waals surface area (Å²) in [6, 6.07) is 5.78. The van der Waals surface area contributed by atoms with E-state index in [1.54, 1.807) is 19.9 Å². The molecule has 3 aliphatic rings. The number of aliphatic hydroxyl groups is 1. The Morgan fingerprint density at radius 3 is 2.85 bits per heavy atom. The number of esters is 1. The molecular formula is C19H22N2O6. The topological polar surface area (TPSA) is 105 Å². The third-order valence-corrected chi connectivity index (χ3v) is 5.91. The van der Waals surface area contributed by atoms with Crippen LogP contribution in [-0.4, -0.2) is 59.2 Å². The Morgan fingerprint density at radius 2 is 2.15 bits per heavy atom. The van der Waals surface area contributed by atoms with E-state index >= 15 is 0 Å². The number of para-hydroxylation sites is 1. The zero-order chi connectivity index (χ0) is 19.3. The van der Waals surface area contributed by atoms with Crippen LogP contribution in [0.1, 0.15) is 25.5 Å². The molecule has 0 aliphatic carbocycles. The molecule has 4 unspecified atom stereocenters. The molecule has 3 aliphatic heterocycles. The minimum Gasteiger partial charge on any atom is -0.493 e. The van der Waals surface area contributed by atoms with E-state index < -0.39 is 53.8 Å². The van der Waals surface area contributed by atoms with Gasteiger partial charge < -0.3 is 24.8 Å². The molecule has 2 amide bonds. The molecule has 4 rings (SSSR count). The van der Waals surface area contributed by atoms with Crippen LogP contribution in [-0.2, 0) is 19.1 Å². The summed E-state index contributed by atoms with van der Waals surface area (Å²) in [5, 5.41) is 12.1. The first-order valence-electron chi connectivity index (χ1n) is 9.08. The number of piperazine rings is 1. The van der Waals surface area contributed by atoms with Gasteiger partial charge in [-0.1, -0.05) is 18.2 Å². The number of ether oxygens (including phenoxy) is 2. The molecule has 3 heterocycles. The van der Waals surface area contributed by atoms with Gasteiger partial charge in [0, 0.05) is 11.5 Å². The van der Waals surface area contributed by atoms with Crippen molar-refractivity contribution in [1.82, 2.24) is 10.2 Å². The summed E-state index contributed by atoms with van der Waals surface area (Å²) in [5.41, 5.74) is -0.656. The number of hydrogen-bond donors (Lipinski definition) is 2. The lowest BCUT2D eigenvalue weighted by atomic mass is 9.77. The average molecular weight is 374 g/mol. The standard InChI is InChI=1S/C19H22N2O6/c1-3-26-17(24)14-11-9-27-13-7-5-4-6-10(13)15(11)21-16(23)12(8-22)20-18(25)19(14,21)2/h4-7,11-12,14-15,22H,3,8-9H2,1-2H3,(H,20,25)/t11?,12?,14?,15?,19-/m1/s1. The number of nitrogens with zero attached hydrogens (tertiary/aromatic N) is 1. The Morgan fingerprint density at radius 1 is 1.41 bits per heavy atom. The molecule has 5 atom stereocenters. The first-order chi connectivity index (χ1) is 12.9. The van der Waals surface area contributed by atoms with Gasteiger partial charge in [-0.05, 0) is 19.9 Å². The van der Waals surface area contributed by atoms with Crippen molar-refractivity contribution in [3.05, 3.63) is 29.8 Å². The molecule has 0 saturated carbocycles. The molecule has 2 fully saturated rings. The minimum atomic E-state index is -1.41. The van der Waals surface area contributed by atoms with E-state index in [9.17, 15) is 19.5 Å². The second-order valence-electron chi connectivity index (χ2n) is 7.25. The highest BCUT2D eigenvalue weighted by Crippen LogP contribution is 2.56. The Balaban J connectivity index is 1.90. The van der Waals surface area contributed by atoms with Gasteiger partial charge in [0.05, 0.1) is 31.8 Å². The zero-order valence-electron chi connectivity index (χ0n) is 15.2. The fourth-order valence-corrected chi connectivity index (χ4v) is 4.74. The lowest BCUT2D eigenvalue weighted by Crippen LogP contribution is -2.70. The van der Waals surface area contributed by atoms with Crippen LogP contribution in [0.4, 0.5) is 0 Å². The van der Waals surface area contributed by atoms with Crippen LogP contribution in [0.3, 0.4) is 0 Å². The van der Waals surface area contributed by atoms with Crippen LogP contribution in [0.25, 0.3) is 0 Å². The summed E-state index contributed by atoms with van der Waals surface area (Å²) in [6.45, 7) is 3.16. The van der Waals surface area contributed by atoms with E-state index in [0.29, 0.717) is 5.75 Å². The lowest BCUT2D eigenvalue weighted by Gasteiger charge is -2.45. The number of hydrogen-bond acceptors (Lipinski definition) is 6. The Bertz CT molecular complexity index is 811. The number of carbonyl (C=O) groups is 3. The first-order valence-corrected chi connectivity index (χ1v) is 9.08. The average Bonchev–Trinajstić information content (AvgIpc) is 2.95. The fourth-order valence-electron chi connectivity index (χ4n) is 4.74. The second kappa shape index (κ2) is 6.23. The predicted molar refractivity (Wildman–Crippen MR) is 92.6 cm³/mol. The highest BCUT2D eigenvalue weighted by Gasteiger charge is 2.69. The number of rotatable bonds is 3. The minimum absolute atomic E-state index is 0.176. The monoisotopic (exact) mass is 374 g/mol. The number of benzene rings is 1. The van der Waals surface area contributed by atoms with Crippen molar-refractivity contribution in [3.63, 3.8) is 0 Å². The summed E-state index contributed by atoms with van der Waals surface area (Å²) in [6.07, 6.45) is 0. The van der Waals surface area contributed by atoms with Gasteiger partial charge in [0.1, 0.15) is 17.3 Å². The maximum absolute atomic E-state index is 13.1. The Hall–Kier alpha value is -2.61. The largest absolute Gasteiger partial charge is 0.493 e. The molecule has 0 bridgehead atoms. The van der Waals surface area contributed by atoms with Gasteiger partial charge in [-0.15, -0.1) is 0 Å². The van der Waals surface area contributed by atoms with Crippen LogP contribution in [0, 0.1) is 11.8 Å². The Labute approximate surface area is 156 Å². The smallest absolute Gasteiger partial charge is 0.312 e. The quantitative estimate of drug-likeness (QED) is 0.722. The lowest BCUT2D eigenvalue weighted by molar-refractivity contribution is -0.165. The SMILES string of the molecule is CCOC(=O)C1C2COc3ccccc3C2N2C(=O)C(CO)NC(=O)[C@@]12C. The molecule has 8 nitrogen and oxygen atoms in total.